The lowest BCUT2D eigenvalue weighted by atomic mass is 10.2. The highest BCUT2D eigenvalue weighted by atomic mass is 32.1. The number of thiazole rings is 1. The fourth-order valence-corrected chi connectivity index (χ4v) is 3.82. The topological polar surface area (TPSA) is 48.4 Å². The van der Waals surface area contributed by atoms with E-state index in [1.165, 1.54) is 22.3 Å². The molecule has 3 aromatic rings. The van der Waals surface area contributed by atoms with Crippen LogP contribution in [-0.2, 0) is 16.1 Å². The first kappa shape index (κ1) is 17.4. The Hall–Kier alpha value is -2.44. The van der Waals surface area contributed by atoms with Gasteiger partial charge in [-0.15, -0.1) is 22.7 Å². The van der Waals surface area contributed by atoms with E-state index in [9.17, 15) is 4.79 Å². The fourth-order valence-electron chi connectivity index (χ4n) is 2.20. The number of aromatic nitrogens is 1. The summed E-state index contributed by atoms with van der Waals surface area (Å²) >= 11 is 3.13. The van der Waals surface area contributed by atoms with Crippen molar-refractivity contribution >= 4 is 34.7 Å². The molecule has 2 aromatic heterocycles. The summed E-state index contributed by atoms with van der Waals surface area (Å²) in [5, 5.41) is 2.73. The van der Waals surface area contributed by atoms with Gasteiger partial charge in [0.1, 0.15) is 17.4 Å². The quantitative estimate of drug-likeness (QED) is 0.455. The second-order valence-corrected chi connectivity index (χ2v) is 7.41. The van der Waals surface area contributed by atoms with Crippen LogP contribution in [0.1, 0.15) is 15.4 Å². The van der Waals surface area contributed by atoms with Crippen LogP contribution in [0.25, 0.3) is 16.6 Å². The molecule has 0 atom stereocenters. The predicted molar refractivity (Wildman–Crippen MR) is 102 cm³/mol. The molecule has 0 spiro atoms. The summed E-state index contributed by atoms with van der Waals surface area (Å²) in [5.41, 5.74) is 1.65. The molecule has 6 heteroatoms. The summed E-state index contributed by atoms with van der Waals surface area (Å²) in [5.74, 6) is 0.396. The monoisotopic (exact) mass is 371 g/mol. The number of aryl methyl sites for hydroxylation is 1. The van der Waals surface area contributed by atoms with Gasteiger partial charge in [0.05, 0.1) is 18.4 Å². The first-order valence-corrected chi connectivity index (χ1v) is 9.34. The van der Waals surface area contributed by atoms with Crippen molar-refractivity contribution in [2.75, 3.05) is 7.11 Å². The average molecular weight is 371 g/mol. The van der Waals surface area contributed by atoms with Gasteiger partial charge >= 0.3 is 5.97 Å². The van der Waals surface area contributed by atoms with E-state index in [0.29, 0.717) is 0 Å². The Bertz CT molecular complexity index is 895. The molecule has 0 N–H and O–H groups in total. The van der Waals surface area contributed by atoms with Gasteiger partial charge in [-0.3, -0.25) is 0 Å². The lowest BCUT2D eigenvalue weighted by Gasteiger charge is -2.04. The molecule has 128 valence electrons. The van der Waals surface area contributed by atoms with E-state index in [2.05, 4.69) is 4.98 Å². The van der Waals surface area contributed by atoms with Crippen LogP contribution >= 0.6 is 22.7 Å². The Morgan fingerprint density at radius 3 is 2.84 bits per heavy atom. The lowest BCUT2D eigenvalue weighted by molar-refractivity contribution is -0.139. The van der Waals surface area contributed by atoms with Crippen molar-refractivity contribution in [1.29, 1.82) is 0 Å². The van der Waals surface area contributed by atoms with E-state index in [4.69, 9.17) is 9.47 Å². The number of rotatable bonds is 6. The molecule has 25 heavy (non-hydrogen) atoms. The zero-order chi connectivity index (χ0) is 17.6. The van der Waals surface area contributed by atoms with Gasteiger partial charge in [0.2, 0.25) is 0 Å². The van der Waals surface area contributed by atoms with Gasteiger partial charge < -0.3 is 9.47 Å². The molecule has 2 heterocycles. The van der Waals surface area contributed by atoms with Crippen LogP contribution in [0.4, 0.5) is 0 Å². The molecule has 0 aliphatic rings. The van der Waals surface area contributed by atoms with Gasteiger partial charge in [-0.2, -0.15) is 0 Å². The van der Waals surface area contributed by atoms with Gasteiger partial charge in [-0.1, -0.05) is 12.1 Å². The third kappa shape index (κ3) is 4.55. The smallest absolute Gasteiger partial charge is 0.331 e. The van der Waals surface area contributed by atoms with Crippen molar-refractivity contribution in [2.24, 2.45) is 0 Å². The molecular weight excluding hydrogens is 354 g/mol. The Morgan fingerprint density at radius 1 is 1.24 bits per heavy atom. The maximum absolute atomic E-state index is 11.8. The van der Waals surface area contributed by atoms with E-state index >= 15 is 0 Å². The van der Waals surface area contributed by atoms with Crippen LogP contribution in [-0.4, -0.2) is 18.1 Å². The number of methoxy groups -OCH3 is 1. The minimum atomic E-state index is -0.377. The SMILES string of the molecule is COc1ccccc1-c1nc(COC(=O)C=Cc2ccc(C)s2)cs1. The number of carbonyl (C=O) groups is 1. The van der Waals surface area contributed by atoms with Crippen molar-refractivity contribution in [3.8, 4) is 16.3 Å². The zero-order valence-electron chi connectivity index (χ0n) is 13.9. The predicted octanol–water partition coefficient (Wildman–Crippen LogP) is 4.95. The highest BCUT2D eigenvalue weighted by Crippen LogP contribution is 2.31. The number of hydrogen-bond donors (Lipinski definition) is 0. The number of para-hydroxylation sites is 1. The maximum Gasteiger partial charge on any atom is 0.331 e. The van der Waals surface area contributed by atoms with Crippen molar-refractivity contribution in [1.82, 2.24) is 4.98 Å². The summed E-state index contributed by atoms with van der Waals surface area (Å²) in [6.45, 7) is 2.18. The number of ether oxygens (including phenoxy) is 2. The average Bonchev–Trinajstić information content (AvgIpc) is 3.27. The van der Waals surface area contributed by atoms with Gasteiger partial charge in [0.15, 0.2) is 0 Å². The second kappa shape index (κ2) is 8.09. The molecule has 0 saturated heterocycles. The van der Waals surface area contributed by atoms with Crippen LogP contribution in [0.5, 0.6) is 5.75 Å². The van der Waals surface area contributed by atoms with Crippen LogP contribution in [0.15, 0.2) is 47.9 Å². The van der Waals surface area contributed by atoms with Crippen LogP contribution in [0.3, 0.4) is 0 Å². The summed E-state index contributed by atoms with van der Waals surface area (Å²) < 4.78 is 10.6. The van der Waals surface area contributed by atoms with Gasteiger partial charge in [0, 0.05) is 21.2 Å². The van der Waals surface area contributed by atoms with Crippen molar-refractivity contribution < 1.29 is 14.3 Å². The molecule has 0 saturated carbocycles. The molecule has 0 fully saturated rings. The Kier molecular flexibility index (Phi) is 5.63. The molecule has 4 nitrogen and oxygen atoms in total. The minimum absolute atomic E-state index is 0.151. The molecule has 0 bridgehead atoms. The highest BCUT2D eigenvalue weighted by molar-refractivity contribution is 7.13. The summed E-state index contributed by atoms with van der Waals surface area (Å²) in [6.07, 6.45) is 3.21. The van der Waals surface area contributed by atoms with Crippen molar-refractivity contribution in [3.63, 3.8) is 0 Å². The van der Waals surface area contributed by atoms with Crippen molar-refractivity contribution in [2.45, 2.75) is 13.5 Å². The Morgan fingerprint density at radius 2 is 2.08 bits per heavy atom. The lowest BCUT2D eigenvalue weighted by Crippen LogP contribution is -2.00. The Balaban J connectivity index is 1.60. The third-order valence-electron chi connectivity index (χ3n) is 3.40. The highest BCUT2D eigenvalue weighted by Gasteiger charge is 2.10. The normalized spacial score (nSPS) is 11.0. The third-order valence-corrected chi connectivity index (χ3v) is 5.29. The van der Waals surface area contributed by atoms with E-state index in [0.717, 1.165) is 26.9 Å². The van der Waals surface area contributed by atoms with E-state index in [1.807, 2.05) is 48.7 Å². The van der Waals surface area contributed by atoms with Crippen LogP contribution in [0, 0.1) is 6.92 Å². The van der Waals surface area contributed by atoms with Crippen molar-refractivity contribution in [3.05, 3.63) is 63.3 Å². The van der Waals surface area contributed by atoms with E-state index in [1.54, 1.807) is 24.5 Å². The molecule has 0 unspecified atom stereocenters. The molecule has 3 rings (SSSR count). The molecular formula is C19H17NO3S2. The number of thiophene rings is 1. The van der Waals surface area contributed by atoms with Gasteiger partial charge in [-0.25, -0.2) is 9.78 Å². The van der Waals surface area contributed by atoms with E-state index < -0.39 is 0 Å². The van der Waals surface area contributed by atoms with Gasteiger partial charge in [-0.05, 0) is 37.3 Å². The number of carbonyl (C=O) groups excluding carboxylic acids is 1. The standard InChI is InChI=1S/C19H17NO3S2/c1-13-7-8-15(25-13)9-10-18(21)23-11-14-12-24-19(20-14)16-5-3-4-6-17(16)22-2/h3-10,12H,11H2,1-2H3. The van der Waals surface area contributed by atoms with Gasteiger partial charge in [0.25, 0.3) is 0 Å². The number of hydrogen-bond acceptors (Lipinski definition) is 6. The van der Waals surface area contributed by atoms with Crippen LogP contribution in [0.2, 0.25) is 0 Å². The Labute approximate surface area is 154 Å². The summed E-state index contributed by atoms with van der Waals surface area (Å²) in [7, 11) is 1.64. The largest absolute Gasteiger partial charge is 0.496 e. The maximum atomic E-state index is 11.8. The minimum Gasteiger partial charge on any atom is -0.496 e. The molecule has 0 radical (unpaired) electrons. The van der Waals surface area contributed by atoms with E-state index in [-0.39, 0.29) is 12.6 Å². The summed E-state index contributed by atoms with van der Waals surface area (Å²) in [6, 6.07) is 11.7. The molecule has 0 aliphatic heterocycles. The van der Waals surface area contributed by atoms with Crippen LogP contribution < -0.4 is 4.74 Å². The fraction of sp³-hybridized carbons (Fsp3) is 0.158. The first-order chi connectivity index (χ1) is 12.2. The summed E-state index contributed by atoms with van der Waals surface area (Å²) in [4.78, 5) is 18.6. The first-order valence-electron chi connectivity index (χ1n) is 7.65. The number of benzene rings is 1. The number of esters is 1. The molecule has 1 aromatic carbocycles. The molecule has 0 amide bonds. The number of nitrogens with zero attached hydrogens (tertiary/aromatic N) is 1. The second-order valence-electron chi connectivity index (χ2n) is 5.23. The zero-order valence-corrected chi connectivity index (χ0v) is 15.5. The molecule has 0 aliphatic carbocycles.